The second-order valence-electron chi connectivity index (χ2n) is 8.97. The Morgan fingerprint density at radius 3 is 2.38 bits per heavy atom. The number of methoxy groups -OCH3 is 1. The number of hydrogen-bond acceptors (Lipinski definition) is 7. The van der Waals surface area contributed by atoms with Gasteiger partial charge >= 0.3 is 0 Å². The van der Waals surface area contributed by atoms with Crippen LogP contribution in [0, 0.1) is 13.8 Å². The van der Waals surface area contributed by atoms with Gasteiger partial charge in [0.15, 0.2) is 17.2 Å². The Bertz CT molecular complexity index is 1320. The van der Waals surface area contributed by atoms with Gasteiger partial charge in [0.2, 0.25) is 0 Å². The van der Waals surface area contributed by atoms with Crippen LogP contribution in [0.5, 0.6) is 5.75 Å². The normalized spacial score (nSPS) is 14.6. The summed E-state index contributed by atoms with van der Waals surface area (Å²) in [5.74, 6) is 1.40. The molecule has 0 atom stereocenters. The molecular weight excluding hydrogens is 426 g/mol. The number of aromatic amines is 1. The van der Waals surface area contributed by atoms with Crippen molar-refractivity contribution in [2.45, 2.75) is 13.8 Å². The van der Waals surface area contributed by atoms with E-state index in [0.717, 1.165) is 59.6 Å². The first-order chi connectivity index (χ1) is 16.5. The van der Waals surface area contributed by atoms with Crippen molar-refractivity contribution < 1.29 is 4.74 Å². The number of aromatic nitrogens is 4. The number of nitrogens with zero attached hydrogens (tertiary/aromatic N) is 5. The summed E-state index contributed by atoms with van der Waals surface area (Å²) in [6, 6.07) is 8.56. The van der Waals surface area contributed by atoms with Crippen LogP contribution >= 0.6 is 0 Å². The lowest BCUT2D eigenvalue weighted by Gasteiger charge is -2.36. The predicted octanol–water partition coefficient (Wildman–Crippen LogP) is 4.11. The van der Waals surface area contributed by atoms with E-state index in [2.05, 4.69) is 74.4 Å². The first kappa shape index (κ1) is 22.2. The summed E-state index contributed by atoms with van der Waals surface area (Å²) in [5, 5.41) is 13.1. The highest BCUT2D eigenvalue weighted by atomic mass is 16.5. The molecule has 176 valence electrons. The van der Waals surface area contributed by atoms with Gasteiger partial charge in [-0.3, -0.25) is 0 Å². The quantitative estimate of drug-likeness (QED) is 0.467. The maximum atomic E-state index is 5.50. The average molecular weight is 458 g/mol. The largest absolute Gasteiger partial charge is 0.493 e. The molecule has 0 radical (unpaired) electrons. The molecule has 2 N–H and O–H groups in total. The number of fused-ring (bicyclic) bond motifs is 1. The van der Waals surface area contributed by atoms with Gasteiger partial charge in [-0.25, -0.2) is 4.98 Å². The van der Waals surface area contributed by atoms with Gasteiger partial charge in [0, 0.05) is 73.4 Å². The minimum Gasteiger partial charge on any atom is -0.493 e. The lowest BCUT2D eigenvalue weighted by atomic mass is 9.99. The van der Waals surface area contributed by atoms with Gasteiger partial charge in [-0.2, -0.15) is 0 Å². The number of ether oxygens (including phenoxy) is 1. The second-order valence-corrected chi connectivity index (χ2v) is 8.97. The Morgan fingerprint density at radius 2 is 1.71 bits per heavy atom. The van der Waals surface area contributed by atoms with Gasteiger partial charge in [0.1, 0.15) is 0 Å². The molecule has 34 heavy (non-hydrogen) atoms. The number of benzene rings is 1. The number of piperazine rings is 1. The van der Waals surface area contributed by atoms with Crippen LogP contribution in [-0.2, 0) is 0 Å². The van der Waals surface area contributed by atoms with Crippen LogP contribution < -0.4 is 15.0 Å². The summed E-state index contributed by atoms with van der Waals surface area (Å²) in [6.45, 7) is 8.68. The molecule has 0 amide bonds. The summed E-state index contributed by atoms with van der Waals surface area (Å²) < 4.78 is 5.50. The monoisotopic (exact) mass is 457 g/mol. The first-order valence-electron chi connectivity index (χ1n) is 11.6. The van der Waals surface area contributed by atoms with Crippen molar-refractivity contribution in [1.29, 1.82) is 0 Å². The number of hydrogen-bond donors (Lipinski definition) is 2. The van der Waals surface area contributed by atoms with Crippen molar-refractivity contribution in [1.82, 2.24) is 25.1 Å². The van der Waals surface area contributed by atoms with Gasteiger partial charge in [-0.15, -0.1) is 10.2 Å². The van der Waals surface area contributed by atoms with Crippen molar-refractivity contribution in [3.05, 3.63) is 47.8 Å². The van der Waals surface area contributed by atoms with Gasteiger partial charge in [-0.05, 0) is 56.3 Å². The Labute approximate surface area is 200 Å². The van der Waals surface area contributed by atoms with E-state index in [1.807, 2.05) is 25.5 Å². The first-order valence-corrected chi connectivity index (χ1v) is 11.6. The molecule has 3 aromatic heterocycles. The molecular formula is C26H31N7O. The van der Waals surface area contributed by atoms with Crippen LogP contribution in [0.15, 0.2) is 36.7 Å². The summed E-state index contributed by atoms with van der Waals surface area (Å²) >= 11 is 0. The molecule has 1 aliphatic rings. The maximum absolute atomic E-state index is 5.50. The number of anilines is 2. The molecule has 0 aliphatic carbocycles. The highest BCUT2D eigenvalue weighted by Gasteiger charge is 2.19. The molecule has 5 rings (SSSR count). The zero-order valence-electron chi connectivity index (χ0n) is 20.4. The van der Waals surface area contributed by atoms with E-state index < -0.39 is 0 Å². The van der Waals surface area contributed by atoms with Crippen LogP contribution in [0.1, 0.15) is 11.1 Å². The Kier molecular flexibility index (Phi) is 5.83. The molecule has 0 saturated carbocycles. The molecule has 4 heterocycles. The van der Waals surface area contributed by atoms with E-state index in [-0.39, 0.29) is 0 Å². The SMILES string of the molecule is CNc1ncc(-c2c[nH]c3nnc(-c4cc(C)c(N5CCN(C)CC5)c(C)c4)cc23)cc1OC. The number of pyridine rings is 1. The molecule has 4 aromatic rings. The molecule has 0 unspecified atom stereocenters. The number of likely N-dealkylation sites (N-methyl/N-ethyl adjacent to an activating group) is 1. The second kappa shape index (κ2) is 8.95. The third-order valence-electron chi connectivity index (χ3n) is 6.66. The van der Waals surface area contributed by atoms with Gasteiger partial charge in [-0.1, -0.05) is 0 Å². The Morgan fingerprint density at radius 1 is 0.971 bits per heavy atom. The summed E-state index contributed by atoms with van der Waals surface area (Å²) in [5.41, 5.74) is 8.54. The number of nitrogens with one attached hydrogen (secondary N) is 2. The van der Waals surface area contributed by atoms with Crippen LogP contribution in [-0.4, -0.2) is 72.4 Å². The fourth-order valence-corrected chi connectivity index (χ4v) is 4.87. The lowest BCUT2D eigenvalue weighted by Crippen LogP contribution is -2.45. The van der Waals surface area contributed by atoms with Crippen molar-refractivity contribution in [2.75, 3.05) is 57.6 Å². The third kappa shape index (κ3) is 3.94. The zero-order valence-corrected chi connectivity index (χ0v) is 20.4. The highest BCUT2D eigenvalue weighted by Crippen LogP contribution is 2.35. The van der Waals surface area contributed by atoms with Crippen LogP contribution in [0.25, 0.3) is 33.4 Å². The van der Waals surface area contributed by atoms with Crippen LogP contribution in [0.2, 0.25) is 0 Å². The molecule has 1 aromatic carbocycles. The molecule has 1 fully saturated rings. The molecule has 1 aliphatic heterocycles. The van der Waals surface area contributed by atoms with Crippen molar-refractivity contribution in [3.8, 4) is 28.1 Å². The van der Waals surface area contributed by atoms with E-state index in [4.69, 9.17) is 4.74 Å². The summed E-state index contributed by atoms with van der Waals surface area (Å²) in [4.78, 5) is 12.6. The van der Waals surface area contributed by atoms with Gasteiger partial charge in [0.25, 0.3) is 0 Å². The topological polar surface area (TPSA) is 82.2 Å². The molecule has 0 bridgehead atoms. The molecule has 0 spiro atoms. The fraction of sp³-hybridized carbons (Fsp3) is 0.346. The third-order valence-corrected chi connectivity index (χ3v) is 6.66. The molecule has 1 saturated heterocycles. The van der Waals surface area contributed by atoms with E-state index in [9.17, 15) is 0 Å². The van der Waals surface area contributed by atoms with Gasteiger partial charge in [0.05, 0.1) is 12.8 Å². The van der Waals surface area contributed by atoms with E-state index in [1.165, 1.54) is 16.8 Å². The number of H-pyrrole nitrogens is 1. The Balaban J connectivity index is 1.53. The predicted molar refractivity (Wildman–Crippen MR) is 138 cm³/mol. The van der Waals surface area contributed by atoms with Crippen LogP contribution in [0.3, 0.4) is 0 Å². The van der Waals surface area contributed by atoms with Crippen molar-refractivity contribution in [2.24, 2.45) is 0 Å². The highest BCUT2D eigenvalue weighted by molar-refractivity contribution is 5.95. The minimum absolute atomic E-state index is 0.697. The maximum Gasteiger partial charge on any atom is 0.168 e. The molecule has 8 heteroatoms. The number of aryl methyl sites for hydroxylation is 2. The van der Waals surface area contributed by atoms with E-state index >= 15 is 0 Å². The number of rotatable bonds is 5. The lowest BCUT2D eigenvalue weighted by molar-refractivity contribution is 0.312. The minimum atomic E-state index is 0.697. The Hall–Kier alpha value is -3.65. The smallest absolute Gasteiger partial charge is 0.168 e. The van der Waals surface area contributed by atoms with Crippen molar-refractivity contribution in [3.63, 3.8) is 0 Å². The standard InChI is InChI=1S/C26H31N7O/c1-16-10-18(11-17(2)24(16)33-8-6-32(4)7-9-33)22-13-20-21(15-29-25(20)31-30-22)19-12-23(34-5)26(27-3)28-14-19/h10-15H,6-9H2,1-5H3,(H,27,28)(H,29,31). The summed E-state index contributed by atoms with van der Waals surface area (Å²) in [6.07, 6.45) is 3.79. The molecule has 8 nitrogen and oxygen atoms in total. The van der Waals surface area contributed by atoms with Crippen LogP contribution in [0.4, 0.5) is 11.5 Å². The van der Waals surface area contributed by atoms with Crippen molar-refractivity contribution >= 4 is 22.5 Å². The zero-order chi connectivity index (χ0) is 23.8. The van der Waals surface area contributed by atoms with Gasteiger partial charge < -0.3 is 24.8 Å². The van der Waals surface area contributed by atoms with E-state index in [1.54, 1.807) is 7.11 Å². The average Bonchev–Trinajstić information content (AvgIpc) is 3.27. The fourth-order valence-electron chi connectivity index (χ4n) is 4.87. The summed E-state index contributed by atoms with van der Waals surface area (Å²) in [7, 11) is 5.67. The van der Waals surface area contributed by atoms with E-state index in [0.29, 0.717) is 11.6 Å².